The number of likely N-dealkylation sites (tertiary alicyclic amines) is 1. The monoisotopic (exact) mass is 418 g/mol. The molecular formula is C22H32N3O5+. The van der Waals surface area contributed by atoms with Crippen LogP contribution in [-0.2, 0) is 20.7 Å². The molecule has 1 aromatic carbocycles. The number of urea groups is 1. The number of benzene rings is 1. The van der Waals surface area contributed by atoms with Crippen LogP contribution in [0.4, 0.5) is 4.79 Å². The van der Waals surface area contributed by atoms with Gasteiger partial charge in [-0.15, -0.1) is 0 Å². The van der Waals surface area contributed by atoms with Crippen molar-refractivity contribution in [2.45, 2.75) is 45.1 Å². The minimum atomic E-state index is -0.903. The molecule has 0 spiro atoms. The topological polar surface area (TPSA) is 89.4 Å². The van der Waals surface area contributed by atoms with E-state index in [-0.39, 0.29) is 23.8 Å². The van der Waals surface area contributed by atoms with Gasteiger partial charge in [0.1, 0.15) is 11.3 Å². The first kappa shape index (κ1) is 22.1. The molecule has 164 valence electrons. The van der Waals surface area contributed by atoms with Crippen LogP contribution in [0.15, 0.2) is 24.3 Å². The highest BCUT2D eigenvalue weighted by Gasteiger charge is 2.48. The molecule has 2 fully saturated rings. The molecule has 8 heteroatoms. The van der Waals surface area contributed by atoms with Crippen molar-refractivity contribution >= 4 is 17.9 Å². The van der Waals surface area contributed by atoms with E-state index < -0.39 is 5.54 Å². The number of esters is 1. The van der Waals surface area contributed by atoms with Crippen LogP contribution >= 0.6 is 0 Å². The van der Waals surface area contributed by atoms with Gasteiger partial charge in [0.25, 0.3) is 5.91 Å². The number of nitrogens with zero attached hydrogens (tertiary/aromatic N) is 1. The first-order valence-corrected chi connectivity index (χ1v) is 10.6. The highest BCUT2D eigenvalue weighted by atomic mass is 16.5. The van der Waals surface area contributed by atoms with Gasteiger partial charge in [0.05, 0.1) is 32.7 Å². The molecule has 1 aromatic rings. The highest BCUT2D eigenvalue weighted by Crippen LogP contribution is 2.23. The number of quaternary nitrogens is 1. The van der Waals surface area contributed by atoms with Crippen LogP contribution in [0.2, 0.25) is 0 Å². The Balaban J connectivity index is 1.53. The summed E-state index contributed by atoms with van der Waals surface area (Å²) in [6.45, 7) is 5.80. The van der Waals surface area contributed by atoms with Crippen LogP contribution in [0.25, 0.3) is 0 Å². The van der Waals surface area contributed by atoms with E-state index in [4.69, 9.17) is 9.47 Å². The van der Waals surface area contributed by atoms with Crippen molar-refractivity contribution in [3.8, 4) is 5.75 Å². The molecule has 0 radical (unpaired) electrons. The van der Waals surface area contributed by atoms with Crippen LogP contribution in [0.1, 0.15) is 38.7 Å². The van der Waals surface area contributed by atoms with Crippen molar-refractivity contribution in [3.05, 3.63) is 29.8 Å². The fraction of sp³-hybridized carbons (Fsp3) is 0.591. The predicted molar refractivity (Wildman–Crippen MR) is 110 cm³/mol. The predicted octanol–water partition coefficient (Wildman–Crippen LogP) is 0.754. The minimum absolute atomic E-state index is 0.0773. The second-order valence-corrected chi connectivity index (χ2v) is 8.28. The van der Waals surface area contributed by atoms with Crippen molar-refractivity contribution in [2.24, 2.45) is 5.92 Å². The van der Waals surface area contributed by atoms with Crippen molar-refractivity contribution in [3.63, 3.8) is 0 Å². The second kappa shape index (κ2) is 9.47. The lowest BCUT2D eigenvalue weighted by atomic mass is 9.93. The normalized spacial score (nSPS) is 26.4. The van der Waals surface area contributed by atoms with E-state index in [9.17, 15) is 14.4 Å². The first-order chi connectivity index (χ1) is 14.4. The second-order valence-electron chi connectivity index (χ2n) is 8.28. The molecule has 2 aliphatic rings. The number of methoxy groups -OCH3 is 1. The Morgan fingerprint density at radius 3 is 2.50 bits per heavy atom. The molecule has 2 heterocycles. The highest BCUT2D eigenvalue weighted by molar-refractivity contribution is 6.06. The van der Waals surface area contributed by atoms with Gasteiger partial charge in [-0.2, -0.15) is 0 Å². The van der Waals surface area contributed by atoms with Crippen molar-refractivity contribution in [2.75, 3.05) is 33.5 Å². The van der Waals surface area contributed by atoms with Crippen LogP contribution < -0.4 is 15.0 Å². The zero-order valence-corrected chi connectivity index (χ0v) is 18.0. The SMILES string of the molecule is CCOC(=O)C1CC[NH+](CN2C(=O)N[C@](C)(CCc3ccc(OC)cc3)C2=O)CC1. The number of rotatable bonds is 8. The van der Waals surface area contributed by atoms with Gasteiger partial charge in [0.15, 0.2) is 6.67 Å². The first-order valence-electron chi connectivity index (χ1n) is 10.6. The number of carbonyl (C=O) groups excluding carboxylic acids is 3. The summed E-state index contributed by atoms with van der Waals surface area (Å²) >= 11 is 0. The number of nitrogens with one attached hydrogen (secondary N) is 2. The van der Waals surface area contributed by atoms with Crippen molar-refractivity contribution in [1.29, 1.82) is 0 Å². The number of aryl methyl sites for hydroxylation is 1. The maximum atomic E-state index is 13.0. The third kappa shape index (κ3) is 4.92. The van der Waals surface area contributed by atoms with E-state index in [1.165, 1.54) is 4.90 Å². The molecule has 0 bridgehead atoms. The van der Waals surface area contributed by atoms with E-state index in [0.29, 0.717) is 39.0 Å². The molecule has 1 atom stereocenters. The molecule has 0 unspecified atom stereocenters. The molecule has 0 saturated carbocycles. The summed E-state index contributed by atoms with van der Waals surface area (Å²) in [5, 5.41) is 2.88. The number of hydrogen-bond acceptors (Lipinski definition) is 5. The molecular weight excluding hydrogens is 386 g/mol. The van der Waals surface area contributed by atoms with E-state index in [1.807, 2.05) is 31.2 Å². The van der Waals surface area contributed by atoms with Crippen molar-refractivity contribution < 1.29 is 28.8 Å². The van der Waals surface area contributed by atoms with Gasteiger partial charge >= 0.3 is 12.0 Å². The van der Waals surface area contributed by atoms with Crippen LogP contribution in [0.3, 0.4) is 0 Å². The summed E-state index contributed by atoms with van der Waals surface area (Å²) in [6, 6.07) is 7.39. The Hall–Kier alpha value is -2.61. The number of hydrogen-bond donors (Lipinski definition) is 2. The van der Waals surface area contributed by atoms with Gasteiger partial charge in [-0.25, -0.2) is 9.69 Å². The summed E-state index contributed by atoms with van der Waals surface area (Å²) in [4.78, 5) is 39.9. The lowest BCUT2D eigenvalue weighted by Crippen LogP contribution is -3.14. The van der Waals surface area contributed by atoms with Crippen LogP contribution in [0, 0.1) is 5.92 Å². The zero-order valence-electron chi connectivity index (χ0n) is 18.0. The molecule has 2 saturated heterocycles. The lowest BCUT2D eigenvalue weighted by Gasteiger charge is -2.30. The fourth-order valence-corrected chi connectivity index (χ4v) is 4.15. The number of amides is 3. The standard InChI is InChI=1S/C22H31N3O5/c1-4-30-19(26)17-10-13-24(14-11-17)15-25-20(27)22(2,23-21(25)28)12-9-16-5-7-18(29-3)8-6-16/h5-8,17H,4,9-15H2,1-3H3,(H,23,28)/p+1/t22-/m1/s1. The summed E-state index contributed by atoms with van der Waals surface area (Å²) < 4.78 is 10.3. The average molecular weight is 419 g/mol. The minimum Gasteiger partial charge on any atom is -0.497 e. The van der Waals surface area contributed by atoms with Gasteiger partial charge in [0, 0.05) is 12.8 Å². The molecule has 2 N–H and O–H groups in total. The Morgan fingerprint density at radius 1 is 1.23 bits per heavy atom. The van der Waals surface area contributed by atoms with E-state index in [0.717, 1.165) is 29.3 Å². The quantitative estimate of drug-likeness (QED) is 0.481. The molecule has 8 nitrogen and oxygen atoms in total. The number of ether oxygens (including phenoxy) is 2. The smallest absolute Gasteiger partial charge is 0.329 e. The van der Waals surface area contributed by atoms with E-state index >= 15 is 0 Å². The van der Waals surface area contributed by atoms with Gasteiger partial charge in [-0.3, -0.25) is 9.59 Å². The van der Waals surface area contributed by atoms with Gasteiger partial charge in [-0.1, -0.05) is 12.1 Å². The summed E-state index contributed by atoms with van der Waals surface area (Å²) in [5.41, 5.74) is 0.184. The molecule has 3 amide bonds. The summed E-state index contributed by atoms with van der Waals surface area (Å²) in [6.07, 6.45) is 2.64. The molecule has 3 rings (SSSR count). The largest absolute Gasteiger partial charge is 0.497 e. The van der Waals surface area contributed by atoms with E-state index in [1.54, 1.807) is 14.0 Å². The summed E-state index contributed by atoms with van der Waals surface area (Å²) in [5.74, 6) is 0.390. The maximum Gasteiger partial charge on any atom is 0.329 e. The van der Waals surface area contributed by atoms with Gasteiger partial charge < -0.3 is 19.7 Å². The Bertz CT molecular complexity index is 773. The molecule has 2 aliphatic heterocycles. The Kier molecular flexibility index (Phi) is 6.97. The fourth-order valence-electron chi connectivity index (χ4n) is 4.15. The van der Waals surface area contributed by atoms with Gasteiger partial charge in [-0.05, 0) is 44.4 Å². The lowest BCUT2D eigenvalue weighted by molar-refractivity contribution is -0.913. The average Bonchev–Trinajstić information content (AvgIpc) is 2.96. The number of piperidine rings is 1. The molecule has 0 aliphatic carbocycles. The third-order valence-electron chi connectivity index (χ3n) is 6.11. The summed E-state index contributed by atoms with van der Waals surface area (Å²) in [7, 11) is 1.62. The zero-order chi connectivity index (χ0) is 21.7. The number of carbonyl (C=O) groups is 3. The van der Waals surface area contributed by atoms with E-state index in [2.05, 4.69) is 5.32 Å². The Morgan fingerprint density at radius 2 is 1.90 bits per heavy atom. The molecule has 0 aromatic heterocycles. The third-order valence-corrected chi connectivity index (χ3v) is 6.11. The molecule has 30 heavy (non-hydrogen) atoms. The maximum absolute atomic E-state index is 13.0. The van der Waals surface area contributed by atoms with Crippen LogP contribution in [0.5, 0.6) is 5.75 Å². The van der Waals surface area contributed by atoms with Gasteiger partial charge in [0.2, 0.25) is 0 Å². The van der Waals surface area contributed by atoms with Crippen molar-refractivity contribution in [1.82, 2.24) is 10.2 Å². The number of imide groups is 1. The van der Waals surface area contributed by atoms with Crippen LogP contribution in [-0.4, -0.2) is 61.8 Å². The Labute approximate surface area is 177 Å².